The number of carbonyl (C=O) groups excluding carboxylic acids is 1. The maximum Gasteiger partial charge on any atom is 0.253 e. The van der Waals surface area contributed by atoms with Crippen LogP contribution in [-0.2, 0) is 0 Å². The molecule has 0 spiro atoms. The lowest BCUT2D eigenvalue weighted by atomic mass is 10.1. The molecule has 0 saturated heterocycles. The van der Waals surface area contributed by atoms with E-state index in [-0.39, 0.29) is 12.5 Å². The van der Waals surface area contributed by atoms with Crippen LogP contribution in [0.25, 0.3) is 0 Å². The molecule has 1 aromatic rings. The largest absolute Gasteiger partial charge is 0.389 e. The quantitative estimate of drug-likeness (QED) is 0.850. The number of rotatable bonds is 5. The monoisotopic (exact) mass is 265 g/mol. The van der Waals surface area contributed by atoms with Crippen LogP contribution < -0.4 is 5.32 Å². The van der Waals surface area contributed by atoms with Crippen LogP contribution in [-0.4, -0.2) is 46.6 Å². The fourth-order valence-electron chi connectivity index (χ4n) is 1.94. The molecular weight excluding hydrogens is 242 g/mol. The van der Waals surface area contributed by atoms with Crippen molar-refractivity contribution in [3.05, 3.63) is 23.4 Å². The number of nitrogens with one attached hydrogen (secondary N) is 1. The van der Waals surface area contributed by atoms with Gasteiger partial charge >= 0.3 is 0 Å². The molecular formula is C14H23N3O2. The lowest BCUT2D eigenvalue weighted by molar-refractivity contribution is 0.0368. The molecule has 106 valence electrons. The molecule has 0 atom stereocenters. The van der Waals surface area contributed by atoms with Gasteiger partial charge in [0.15, 0.2) is 0 Å². The zero-order chi connectivity index (χ0) is 14.6. The van der Waals surface area contributed by atoms with Gasteiger partial charge in [0.05, 0.1) is 5.60 Å². The summed E-state index contributed by atoms with van der Waals surface area (Å²) in [5.41, 5.74) is 0.463. The van der Waals surface area contributed by atoms with Gasteiger partial charge < -0.3 is 15.3 Å². The first kappa shape index (κ1) is 15.4. The van der Waals surface area contributed by atoms with E-state index in [0.29, 0.717) is 11.4 Å². The highest BCUT2D eigenvalue weighted by atomic mass is 16.3. The van der Waals surface area contributed by atoms with E-state index in [1.807, 2.05) is 13.8 Å². The summed E-state index contributed by atoms with van der Waals surface area (Å²) in [5, 5.41) is 12.9. The van der Waals surface area contributed by atoms with Crippen molar-refractivity contribution in [3.8, 4) is 0 Å². The molecule has 1 rings (SSSR count). The van der Waals surface area contributed by atoms with E-state index in [1.54, 1.807) is 33.0 Å². The van der Waals surface area contributed by atoms with Crippen molar-refractivity contribution in [1.29, 1.82) is 0 Å². The van der Waals surface area contributed by atoms with Gasteiger partial charge in [-0.05, 0) is 39.8 Å². The van der Waals surface area contributed by atoms with Gasteiger partial charge in [0.25, 0.3) is 5.91 Å². The van der Waals surface area contributed by atoms with E-state index in [4.69, 9.17) is 0 Å². The van der Waals surface area contributed by atoms with Gasteiger partial charge in [0.2, 0.25) is 0 Å². The molecule has 0 bridgehead atoms. The van der Waals surface area contributed by atoms with Gasteiger partial charge in [-0.1, -0.05) is 0 Å². The molecule has 2 N–H and O–H groups in total. The molecule has 0 aliphatic rings. The Labute approximate surface area is 114 Å². The second kappa shape index (κ2) is 6.02. The minimum Gasteiger partial charge on any atom is -0.389 e. The summed E-state index contributed by atoms with van der Waals surface area (Å²) in [5.74, 6) is 0.578. The lowest BCUT2D eigenvalue weighted by Crippen LogP contribution is -2.39. The molecule has 0 aromatic carbocycles. The van der Waals surface area contributed by atoms with Crippen molar-refractivity contribution in [1.82, 2.24) is 9.88 Å². The highest BCUT2D eigenvalue weighted by molar-refractivity contribution is 5.94. The molecule has 1 heterocycles. The number of anilines is 1. The Morgan fingerprint density at radius 1 is 1.47 bits per heavy atom. The lowest BCUT2D eigenvalue weighted by Gasteiger charge is -2.25. The maximum atomic E-state index is 12.3. The third-order valence-corrected chi connectivity index (χ3v) is 2.53. The summed E-state index contributed by atoms with van der Waals surface area (Å²) in [4.78, 5) is 18.1. The first-order chi connectivity index (χ1) is 8.73. The molecule has 1 aromatic heterocycles. The number of pyridine rings is 1. The first-order valence-corrected chi connectivity index (χ1v) is 6.43. The molecule has 0 saturated carbocycles. The van der Waals surface area contributed by atoms with Gasteiger partial charge in [-0.3, -0.25) is 4.79 Å². The van der Waals surface area contributed by atoms with E-state index in [1.165, 1.54) is 4.90 Å². The number of carbonyl (C=O) groups is 1. The number of nitrogens with zero attached hydrogens (tertiary/aromatic N) is 2. The molecule has 1 amide bonds. The van der Waals surface area contributed by atoms with E-state index in [0.717, 1.165) is 12.2 Å². The molecule has 0 fully saturated rings. The molecule has 19 heavy (non-hydrogen) atoms. The topological polar surface area (TPSA) is 65.5 Å². The number of aromatic nitrogens is 1. The molecule has 0 aliphatic carbocycles. The van der Waals surface area contributed by atoms with Gasteiger partial charge in [-0.2, -0.15) is 0 Å². The van der Waals surface area contributed by atoms with Gasteiger partial charge in [-0.25, -0.2) is 4.98 Å². The molecule has 5 heteroatoms. The van der Waals surface area contributed by atoms with Crippen LogP contribution in [0.2, 0.25) is 0 Å². The number of aryl methyl sites for hydroxylation is 1. The Morgan fingerprint density at radius 3 is 2.63 bits per heavy atom. The Bertz CT molecular complexity index is 452. The number of likely N-dealkylation sites (N-methyl/N-ethyl adjacent to an activating group) is 1. The Hall–Kier alpha value is -1.62. The minimum atomic E-state index is -0.906. The molecule has 0 radical (unpaired) electrons. The zero-order valence-corrected chi connectivity index (χ0v) is 12.3. The van der Waals surface area contributed by atoms with Crippen LogP contribution >= 0.6 is 0 Å². The summed E-state index contributed by atoms with van der Waals surface area (Å²) in [6.45, 7) is 8.23. The van der Waals surface area contributed by atoms with Crippen molar-refractivity contribution in [3.63, 3.8) is 0 Å². The van der Waals surface area contributed by atoms with E-state index in [2.05, 4.69) is 10.3 Å². The predicted molar refractivity (Wildman–Crippen MR) is 76.4 cm³/mol. The summed E-state index contributed by atoms with van der Waals surface area (Å²) >= 11 is 0. The number of amides is 1. The fourth-order valence-corrected chi connectivity index (χ4v) is 1.94. The normalized spacial score (nSPS) is 11.3. The van der Waals surface area contributed by atoms with E-state index in [9.17, 15) is 9.90 Å². The second-order valence-corrected chi connectivity index (χ2v) is 5.39. The first-order valence-electron chi connectivity index (χ1n) is 6.43. The smallest absolute Gasteiger partial charge is 0.253 e. The second-order valence-electron chi connectivity index (χ2n) is 5.39. The summed E-state index contributed by atoms with van der Waals surface area (Å²) in [6, 6.07) is 3.49. The van der Waals surface area contributed by atoms with Crippen molar-refractivity contribution in [2.24, 2.45) is 0 Å². The molecule has 5 nitrogen and oxygen atoms in total. The Balaban J connectivity index is 2.92. The van der Waals surface area contributed by atoms with Gasteiger partial charge in [0.1, 0.15) is 5.82 Å². The third-order valence-electron chi connectivity index (χ3n) is 2.53. The Kier molecular flexibility index (Phi) is 4.89. The SMILES string of the molecule is CCNc1cc(C(=O)N(C)CC(C)(C)O)cc(C)n1. The van der Waals surface area contributed by atoms with Crippen LogP contribution in [0.5, 0.6) is 0 Å². The van der Waals surface area contributed by atoms with Crippen molar-refractivity contribution in [2.45, 2.75) is 33.3 Å². The predicted octanol–water partition coefficient (Wildman–Crippen LogP) is 1.66. The Morgan fingerprint density at radius 2 is 2.11 bits per heavy atom. The van der Waals surface area contributed by atoms with Crippen LogP contribution in [0.15, 0.2) is 12.1 Å². The van der Waals surface area contributed by atoms with Crippen LogP contribution in [0.3, 0.4) is 0 Å². The average molecular weight is 265 g/mol. The summed E-state index contributed by atoms with van der Waals surface area (Å²) < 4.78 is 0. The summed E-state index contributed by atoms with van der Waals surface area (Å²) in [6.07, 6.45) is 0. The highest BCUT2D eigenvalue weighted by Gasteiger charge is 2.20. The van der Waals surface area contributed by atoms with Crippen LogP contribution in [0, 0.1) is 6.92 Å². The number of hydrogen-bond donors (Lipinski definition) is 2. The molecule has 0 aliphatic heterocycles. The molecule has 0 unspecified atom stereocenters. The number of aliphatic hydroxyl groups is 1. The minimum absolute atomic E-state index is 0.119. The van der Waals surface area contributed by atoms with Gasteiger partial charge in [-0.15, -0.1) is 0 Å². The van der Waals surface area contributed by atoms with E-state index < -0.39 is 5.60 Å². The average Bonchev–Trinajstić information content (AvgIpc) is 2.25. The highest BCUT2D eigenvalue weighted by Crippen LogP contribution is 2.13. The van der Waals surface area contributed by atoms with Gasteiger partial charge in [0, 0.05) is 31.4 Å². The third kappa shape index (κ3) is 4.87. The van der Waals surface area contributed by atoms with Crippen molar-refractivity contribution < 1.29 is 9.90 Å². The van der Waals surface area contributed by atoms with Crippen LogP contribution in [0.4, 0.5) is 5.82 Å². The van der Waals surface area contributed by atoms with Crippen molar-refractivity contribution in [2.75, 3.05) is 25.5 Å². The number of hydrogen-bond acceptors (Lipinski definition) is 4. The summed E-state index contributed by atoms with van der Waals surface area (Å²) in [7, 11) is 1.68. The van der Waals surface area contributed by atoms with Crippen molar-refractivity contribution >= 4 is 11.7 Å². The zero-order valence-electron chi connectivity index (χ0n) is 12.3. The van der Waals surface area contributed by atoms with E-state index >= 15 is 0 Å². The maximum absolute atomic E-state index is 12.3. The van der Waals surface area contributed by atoms with Crippen LogP contribution in [0.1, 0.15) is 36.8 Å². The standard InChI is InChI=1S/C14H23N3O2/c1-6-15-12-8-11(7-10(2)16-12)13(18)17(5)9-14(3,4)19/h7-8,19H,6,9H2,1-5H3,(H,15,16). The fraction of sp³-hybridized carbons (Fsp3) is 0.571.